The molecule has 0 aliphatic carbocycles. The molecule has 3 aromatic carbocycles. The van der Waals surface area contributed by atoms with Gasteiger partial charge < -0.3 is 17.6 Å². The lowest BCUT2D eigenvalue weighted by Gasteiger charge is -2.34. The van der Waals surface area contributed by atoms with Gasteiger partial charge in [-0.1, -0.05) is 90.5 Å². The van der Waals surface area contributed by atoms with Gasteiger partial charge in [0.2, 0.25) is 0 Å². The molecule has 2 aromatic heterocycles. The van der Waals surface area contributed by atoms with Crippen LogP contribution in [0, 0.1) is 0 Å². The Labute approximate surface area is 228 Å². The Bertz CT molecular complexity index is 1830. The van der Waals surface area contributed by atoms with E-state index in [9.17, 15) is 0 Å². The van der Waals surface area contributed by atoms with Gasteiger partial charge in [0.1, 0.15) is 11.5 Å². The normalized spacial score (nSPS) is 15.5. The Hall–Kier alpha value is -4.62. The van der Waals surface area contributed by atoms with Crippen molar-refractivity contribution in [3.05, 3.63) is 149 Å². The van der Waals surface area contributed by atoms with Crippen LogP contribution >= 0.6 is 11.6 Å². The Morgan fingerprint density at radius 3 is 1.92 bits per heavy atom. The first kappa shape index (κ1) is 23.5. The van der Waals surface area contributed by atoms with Crippen molar-refractivity contribution in [2.75, 3.05) is 0 Å². The first-order valence-corrected chi connectivity index (χ1v) is 12.9. The fraction of sp³-hybridized carbons (Fsp3) is 0. The molecule has 0 unspecified atom stereocenters. The van der Waals surface area contributed by atoms with Crippen molar-refractivity contribution in [3.63, 3.8) is 0 Å². The summed E-state index contributed by atoms with van der Waals surface area (Å²) >= 11 is 6.79. The molecule has 0 fully saturated rings. The molecule has 4 nitrogen and oxygen atoms in total. The third kappa shape index (κ3) is 3.61. The molecule has 0 N–H and O–H groups in total. The topological polar surface area (TPSA) is 33.7 Å². The van der Waals surface area contributed by atoms with Gasteiger partial charge in [-0.25, -0.2) is 9.97 Å². The predicted molar refractivity (Wildman–Crippen MR) is 152 cm³/mol. The molecular formula is C31H20BClF2N4. The maximum Gasteiger partial charge on any atom is 0.737 e. The molecule has 0 amide bonds. The second-order valence-corrected chi connectivity index (χ2v) is 9.76. The van der Waals surface area contributed by atoms with Crippen LogP contribution in [0.3, 0.4) is 0 Å². The maximum atomic E-state index is 16.9. The zero-order chi connectivity index (χ0) is 26.6. The van der Waals surface area contributed by atoms with E-state index in [1.165, 1.54) is 6.33 Å². The first-order valence-electron chi connectivity index (χ1n) is 12.6. The molecule has 2 aliphatic rings. The molecular weight excluding hydrogens is 513 g/mol. The molecule has 8 heteroatoms. The molecule has 0 bridgehead atoms. The van der Waals surface area contributed by atoms with Gasteiger partial charge in [-0.05, 0) is 29.8 Å². The Kier molecular flexibility index (Phi) is 5.42. The summed E-state index contributed by atoms with van der Waals surface area (Å²) in [6.45, 7) is -4.29. The first-order chi connectivity index (χ1) is 19.1. The number of allylic oxidation sites excluding steroid dienone is 2. The van der Waals surface area contributed by atoms with Crippen molar-refractivity contribution in [2.24, 2.45) is 0 Å². The SMILES string of the molecule is F[B-]1(F)n2c(ccc2-c2ccccc2)C(c2c(Cl)ncnc2-c2ccccc2)=C2C=CC(c3ccccc3)=[N+]21. The van der Waals surface area contributed by atoms with Gasteiger partial charge >= 0.3 is 6.97 Å². The van der Waals surface area contributed by atoms with E-state index in [0.29, 0.717) is 50.8 Å². The average molecular weight is 533 g/mol. The Morgan fingerprint density at radius 1 is 0.667 bits per heavy atom. The van der Waals surface area contributed by atoms with Gasteiger partial charge in [0.15, 0.2) is 11.4 Å². The van der Waals surface area contributed by atoms with Crippen molar-refractivity contribution >= 4 is 29.9 Å². The quantitative estimate of drug-likeness (QED) is 0.179. The summed E-state index contributed by atoms with van der Waals surface area (Å²) in [5, 5.41) is 0.194. The second-order valence-electron chi connectivity index (χ2n) is 9.40. The molecule has 0 atom stereocenters. The lowest BCUT2D eigenvalue weighted by molar-refractivity contribution is -0.360. The lowest BCUT2D eigenvalue weighted by atomic mass is 9.84. The molecule has 4 heterocycles. The van der Waals surface area contributed by atoms with E-state index in [0.717, 1.165) is 14.5 Å². The minimum atomic E-state index is -4.29. The van der Waals surface area contributed by atoms with Crippen molar-refractivity contribution in [1.82, 2.24) is 14.4 Å². The number of benzene rings is 3. The van der Waals surface area contributed by atoms with Crippen molar-refractivity contribution < 1.29 is 13.1 Å². The highest BCUT2D eigenvalue weighted by Gasteiger charge is 2.55. The maximum absolute atomic E-state index is 16.9. The number of hydrogen-bond donors (Lipinski definition) is 0. The Balaban J connectivity index is 1.60. The van der Waals surface area contributed by atoms with E-state index in [2.05, 4.69) is 9.97 Å². The number of halogens is 3. The number of fused-ring (bicyclic) bond motifs is 2. The second kappa shape index (κ2) is 9.00. The highest BCUT2D eigenvalue weighted by atomic mass is 35.5. The zero-order valence-corrected chi connectivity index (χ0v) is 21.3. The summed E-state index contributed by atoms with van der Waals surface area (Å²) in [6.07, 6.45) is 4.89. The summed E-state index contributed by atoms with van der Waals surface area (Å²) in [6, 6.07) is 31.5. The Morgan fingerprint density at radius 2 is 1.26 bits per heavy atom. The van der Waals surface area contributed by atoms with E-state index >= 15 is 8.63 Å². The molecule has 0 saturated heterocycles. The number of nitrogens with zero attached hydrogens (tertiary/aromatic N) is 4. The molecule has 5 aromatic rings. The van der Waals surface area contributed by atoms with Crippen LogP contribution in [0.25, 0.3) is 28.1 Å². The summed E-state index contributed by atoms with van der Waals surface area (Å²) in [7, 11) is 0. The fourth-order valence-electron chi connectivity index (χ4n) is 5.57. The van der Waals surface area contributed by atoms with Crippen molar-refractivity contribution in [2.45, 2.75) is 0 Å². The molecule has 2 aliphatic heterocycles. The number of rotatable bonds is 4. The minimum Gasteiger partial charge on any atom is -0.389 e. The molecule has 0 spiro atoms. The van der Waals surface area contributed by atoms with E-state index in [1.54, 1.807) is 24.3 Å². The van der Waals surface area contributed by atoms with Gasteiger partial charge in [0, 0.05) is 34.7 Å². The van der Waals surface area contributed by atoms with Gasteiger partial charge in [0.25, 0.3) is 0 Å². The molecule has 0 radical (unpaired) electrons. The van der Waals surface area contributed by atoms with Gasteiger partial charge in [-0.15, -0.1) is 0 Å². The van der Waals surface area contributed by atoms with Crippen LogP contribution in [0.15, 0.2) is 127 Å². The van der Waals surface area contributed by atoms with Crippen LogP contribution in [0.1, 0.15) is 16.8 Å². The van der Waals surface area contributed by atoms with Crippen LogP contribution in [0.4, 0.5) is 8.63 Å². The molecule has 0 saturated carbocycles. The molecule has 7 rings (SSSR count). The largest absolute Gasteiger partial charge is 0.737 e. The highest BCUT2D eigenvalue weighted by molar-refractivity contribution is 6.59. The van der Waals surface area contributed by atoms with Crippen LogP contribution in [0.5, 0.6) is 0 Å². The smallest absolute Gasteiger partial charge is 0.389 e. The van der Waals surface area contributed by atoms with Crippen molar-refractivity contribution in [3.8, 4) is 22.5 Å². The summed E-state index contributed by atoms with van der Waals surface area (Å²) in [5.41, 5.74) is 5.39. The summed E-state index contributed by atoms with van der Waals surface area (Å²) in [5.74, 6) is 0. The van der Waals surface area contributed by atoms with Crippen LogP contribution in [-0.2, 0) is 0 Å². The highest BCUT2D eigenvalue weighted by Crippen LogP contribution is 2.46. The average Bonchev–Trinajstić information content (AvgIpc) is 3.62. The molecule has 188 valence electrons. The summed E-state index contributed by atoms with van der Waals surface area (Å²) in [4.78, 5) is 8.86. The van der Waals surface area contributed by atoms with Gasteiger partial charge in [-0.3, -0.25) is 0 Å². The fourth-order valence-corrected chi connectivity index (χ4v) is 5.79. The van der Waals surface area contributed by atoms with E-state index in [-0.39, 0.29) is 5.15 Å². The zero-order valence-electron chi connectivity index (χ0n) is 20.5. The van der Waals surface area contributed by atoms with E-state index < -0.39 is 6.97 Å². The lowest BCUT2D eigenvalue weighted by Crippen LogP contribution is -2.51. The summed E-state index contributed by atoms with van der Waals surface area (Å²) < 4.78 is 36.1. The van der Waals surface area contributed by atoms with E-state index in [1.807, 2.05) is 91.0 Å². The van der Waals surface area contributed by atoms with Crippen molar-refractivity contribution in [1.29, 1.82) is 0 Å². The van der Waals surface area contributed by atoms with Gasteiger partial charge in [-0.2, -0.15) is 0 Å². The predicted octanol–water partition coefficient (Wildman–Crippen LogP) is 7.33. The van der Waals surface area contributed by atoms with Gasteiger partial charge in [0.05, 0.1) is 16.8 Å². The third-order valence-electron chi connectivity index (χ3n) is 7.21. The van der Waals surface area contributed by atoms with Crippen LogP contribution in [-0.4, -0.2) is 31.6 Å². The number of aromatic nitrogens is 3. The minimum absolute atomic E-state index is 0.194. The van der Waals surface area contributed by atoms with E-state index in [4.69, 9.17) is 11.6 Å². The number of hydrogen-bond acceptors (Lipinski definition) is 2. The third-order valence-corrected chi connectivity index (χ3v) is 7.49. The van der Waals surface area contributed by atoms with Crippen LogP contribution < -0.4 is 0 Å². The molecule has 39 heavy (non-hydrogen) atoms. The standard InChI is InChI=1S/C31H20BClF2N4/c33-31-29(30(36-20-37-31)23-14-8-3-9-15-23)28-26-18-16-24(21-10-4-1-5-11-21)38(26)32(34,35)39-25(17-19-27(28)39)22-12-6-2-7-13-22/h1-20H. The van der Waals surface area contributed by atoms with Crippen LogP contribution in [0.2, 0.25) is 5.15 Å². The monoisotopic (exact) mass is 532 g/mol.